The second-order valence-electron chi connectivity index (χ2n) is 8.86. The second kappa shape index (κ2) is 13.1. The second-order valence-corrected chi connectivity index (χ2v) is 8.86. The Morgan fingerprint density at radius 2 is 1.75 bits per heavy atom. The molecule has 0 spiro atoms. The molecule has 2 aromatic carbocycles. The summed E-state index contributed by atoms with van der Waals surface area (Å²) in [5.41, 5.74) is 2.73. The molecule has 190 valence electrons. The molecular weight excluding hydrogens is 454 g/mol. The van der Waals surface area contributed by atoms with Crippen LogP contribution in [0.1, 0.15) is 36.8 Å². The molecule has 0 radical (unpaired) electrons. The number of benzene rings is 2. The van der Waals surface area contributed by atoms with Crippen LogP contribution in [-0.2, 0) is 17.8 Å². The Morgan fingerprint density at radius 1 is 1.00 bits per heavy atom. The van der Waals surface area contributed by atoms with Gasteiger partial charge < -0.3 is 19.0 Å². The smallest absolute Gasteiger partial charge is 0.227 e. The van der Waals surface area contributed by atoms with Gasteiger partial charge >= 0.3 is 0 Å². The van der Waals surface area contributed by atoms with E-state index in [4.69, 9.17) is 19.0 Å². The van der Waals surface area contributed by atoms with E-state index < -0.39 is 6.10 Å². The lowest BCUT2D eigenvalue weighted by Gasteiger charge is -2.24. The van der Waals surface area contributed by atoms with Crippen molar-refractivity contribution < 1.29 is 19.0 Å². The molecule has 4 aromatic rings. The van der Waals surface area contributed by atoms with Crippen LogP contribution in [0.25, 0.3) is 5.69 Å². The zero-order valence-corrected chi connectivity index (χ0v) is 21.0. The van der Waals surface area contributed by atoms with E-state index in [2.05, 4.69) is 11.8 Å². The van der Waals surface area contributed by atoms with E-state index in [0.29, 0.717) is 38.7 Å². The summed E-state index contributed by atoms with van der Waals surface area (Å²) in [5.74, 6) is 2.22. The van der Waals surface area contributed by atoms with E-state index in [1.54, 1.807) is 6.26 Å². The van der Waals surface area contributed by atoms with Gasteiger partial charge in [0.15, 0.2) is 0 Å². The topological polar surface area (TPSA) is 72.9 Å². The van der Waals surface area contributed by atoms with Crippen LogP contribution in [0.2, 0.25) is 0 Å². The number of hydrogen-bond donors (Lipinski definition) is 1. The summed E-state index contributed by atoms with van der Waals surface area (Å²) < 4.78 is 19.5. The van der Waals surface area contributed by atoms with Gasteiger partial charge in [-0.15, -0.1) is 0 Å². The molecule has 0 saturated heterocycles. The molecule has 0 bridgehead atoms. The van der Waals surface area contributed by atoms with Crippen molar-refractivity contribution in [1.82, 2.24) is 14.7 Å². The molecule has 2 heterocycles. The molecule has 0 aliphatic carbocycles. The SMILES string of the molecule is CCCCOCC(O)CN(Cc1ccco1)Cc1c(C)nn(-c2ccccc2)c1Oc1ccccc1. The molecule has 7 nitrogen and oxygen atoms in total. The number of unbranched alkanes of at least 4 members (excludes halogenated alkanes) is 1. The zero-order valence-electron chi connectivity index (χ0n) is 21.0. The largest absolute Gasteiger partial charge is 0.468 e. The van der Waals surface area contributed by atoms with Crippen molar-refractivity contribution in [2.45, 2.75) is 45.9 Å². The van der Waals surface area contributed by atoms with Gasteiger partial charge in [-0.05, 0) is 49.7 Å². The number of nitrogens with zero attached hydrogens (tertiary/aromatic N) is 3. The number of aliphatic hydroxyl groups excluding tert-OH is 1. The van der Waals surface area contributed by atoms with Crippen molar-refractivity contribution in [3.63, 3.8) is 0 Å². The van der Waals surface area contributed by atoms with E-state index in [1.807, 2.05) is 84.4 Å². The zero-order chi connectivity index (χ0) is 25.2. The highest BCUT2D eigenvalue weighted by molar-refractivity contribution is 5.43. The van der Waals surface area contributed by atoms with Crippen molar-refractivity contribution in [3.8, 4) is 17.3 Å². The van der Waals surface area contributed by atoms with E-state index in [0.717, 1.165) is 41.3 Å². The van der Waals surface area contributed by atoms with Crippen LogP contribution < -0.4 is 4.74 Å². The maximum absolute atomic E-state index is 10.7. The van der Waals surface area contributed by atoms with Crippen LogP contribution in [0.4, 0.5) is 0 Å². The van der Waals surface area contributed by atoms with Crippen LogP contribution in [0, 0.1) is 6.92 Å². The first kappa shape index (κ1) is 25.7. The van der Waals surface area contributed by atoms with Gasteiger partial charge in [0, 0.05) is 19.7 Å². The van der Waals surface area contributed by atoms with Gasteiger partial charge in [0.25, 0.3) is 0 Å². The lowest BCUT2D eigenvalue weighted by Crippen LogP contribution is -2.34. The fraction of sp³-hybridized carbons (Fsp3) is 0.345. The molecule has 36 heavy (non-hydrogen) atoms. The Kier molecular flexibility index (Phi) is 9.33. The first-order chi connectivity index (χ1) is 17.6. The lowest BCUT2D eigenvalue weighted by atomic mass is 10.2. The molecule has 0 amide bonds. The Hall–Kier alpha value is -3.39. The van der Waals surface area contributed by atoms with Gasteiger partial charge in [0.1, 0.15) is 11.5 Å². The number of rotatable bonds is 14. The van der Waals surface area contributed by atoms with Crippen LogP contribution in [-0.4, -0.2) is 45.6 Å². The molecule has 1 atom stereocenters. The molecule has 1 unspecified atom stereocenters. The van der Waals surface area contributed by atoms with Gasteiger partial charge in [0.2, 0.25) is 5.88 Å². The normalized spacial score (nSPS) is 12.2. The number of aryl methyl sites for hydroxylation is 1. The van der Waals surface area contributed by atoms with Gasteiger partial charge in [-0.1, -0.05) is 49.7 Å². The van der Waals surface area contributed by atoms with Crippen molar-refractivity contribution in [2.24, 2.45) is 0 Å². The third-order valence-electron chi connectivity index (χ3n) is 5.86. The minimum atomic E-state index is -0.625. The molecule has 7 heteroatoms. The van der Waals surface area contributed by atoms with E-state index in [9.17, 15) is 5.11 Å². The Morgan fingerprint density at radius 3 is 2.44 bits per heavy atom. The lowest BCUT2D eigenvalue weighted by molar-refractivity contribution is 0.0116. The number of ether oxygens (including phenoxy) is 2. The quantitative estimate of drug-likeness (QED) is 0.228. The summed E-state index contributed by atoms with van der Waals surface area (Å²) in [6.07, 6.45) is 3.09. The Labute approximate surface area is 212 Å². The van der Waals surface area contributed by atoms with E-state index in [-0.39, 0.29) is 0 Å². The molecule has 0 fully saturated rings. The number of aromatic nitrogens is 2. The first-order valence-corrected chi connectivity index (χ1v) is 12.5. The number of para-hydroxylation sites is 2. The predicted octanol–water partition coefficient (Wildman–Crippen LogP) is 5.75. The maximum Gasteiger partial charge on any atom is 0.227 e. The van der Waals surface area contributed by atoms with Crippen LogP contribution in [0.3, 0.4) is 0 Å². The Bertz CT molecular complexity index is 1160. The van der Waals surface area contributed by atoms with E-state index >= 15 is 0 Å². The van der Waals surface area contributed by atoms with Gasteiger partial charge in [-0.3, -0.25) is 4.90 Å². The van der Waals surface area contributed by atoms with Gasteiger partial charge in [0.05, 0.1) is 42.5 Å². The highest BCUT2D eigenvalue weighted by Crippen LogP contribution is 2.32. The number of hydrogen-bond acceptors (Lipinski definition) is 6. The number of aliphatic hydroxyl groups is 1. The van der Waals surface area contributed by atoms with Crippen molar-refractivity contribution in [1.29, 1.82) is 0 Å². The first-order valence-electron chi connectivity index (χ1n) is 12.5. The maximum atomic E-state index is 10.7. The average Bonchev–Trinajstić information content (AvgIpc) is 3.51. The van der Waals surface area contributed by atoms with Crippen LogP contribution in [0.15, 0.2) is 83.5 Å². The minimum absolute atomic E-state index is 0.296. The predicted molar refractivity (Wildman–Crippen MR) is 139 cm³/mol. The minimum Gasteiger partial charge on any atom is -0.468 e. The summed E-state index contributed by atoms with van der Waals surface area (Å²) in [7, 11) is 0. The van der Waals surface area contributed by atoms with Gasteiger partial charge in [-0.25, -0.2) is 4.68 Å². The molecule has 0 aliphatic heterocycles. The third kappa shape index (κ3) is 7.07. The van der Waals surface area contributed by atoms with E-state index in [1.165, 1.54) is 0 Å². The summed E-state index contributed by atoms with van der Waals surface area (Å²) in [6.45, 7) is 6.55. The monoisotopic (exact) mass is 489 g/mol. The molecule has 0 aliphatic rings. The third-order valence-corrected chi connectivity index (χ3v) is 5.86. The highest BCUT2D eigenvalue weighted by atomic mass is 16.5. The number of furan rings is 1. The molecule has 0 saturated carbocycles. The summed E-state index contributed by atoms with van der Waals surface area (Å²) in [4.78, 5) is 2.14. The molecule has 2 aromatic heterocycles. The fourth-order valence-corrected chi connectivity index (χ4v) is 4.02. The van der Waals surface area contributed by atoms with Crippen LogP contribution in [0.5, 0.6) is 11.6 Å². The van der Waals surface area contributed by atoms with Crippen molar-refractivity contribution in [2.75, 3.05) is 19.8 Å². The van der Waals surface area contributed by atoms with Gasteiger partial charge in [-0.2, -0.15) is 5.10 Å². The summed E-state index contributed by atoms with van der Waals surface area (Å²) in [5, 5.41) is 15.6. The van der Waals surface area contributed by atoms with Crippen molar-refractivity contribution in [3.05, 3.63) is 96.1 Å². The fourth-order valence-electron chi connectivity index (χ4n) is 4.02. The van der Waals surface area contributed by atoms with Crippen molar-refractivity contribution >= 4 is 0 Å². The van der Waals surface area contributed by atoms with Crippen LogP contribution >= 0.6 is 0 Å². The molecule has 4 rings (SSSR count). The summed E-state index contributed by atoms with van der Waals surface area (Å²) >= 11 is 0. The average molecular weight is 490 g/mol. The highest BCUT2D eigenvalue weighted by Gasteiger charge is 2.23. The Balaban J connectivity index is 1.61. The summed E-state index contributed by atoms with van der Waals surface area (Å²) in [6, 6.07) is 23.5. The molecular formula is C29H35N3O4. The standard InChI is InChI=1S/C29H35N3O4/c1-3-4-17-34-22-25(33)19-31(20-27-16-11-18-35-27)21-28-23(2)30-32(24-12-7-5-8-13-24)29(28)36-26-14-9-6-10-15-26/h5-16,18,25,33H,3-4,17,19-22H2,1-2H3. The molecule has 1 N–H and O–H groups in total.